The van der Waals surface area contributed by atoms with E-state index in [2.05, 4.69) is 36.5 Å². The van der Waals surface area contributed by atoms with Crippen LogP contribution in [0.3, 0.4) is 0 Å². The summed E-state index contributed by atoms with van der Waals surface area (Å²) in [4.78, 5) is 14.8. The molecule has 0 aromatic heterocycles. The zero-order valence-corrected chi connectivity index (χ0v) is 18.2. The van der Waals surface area contributed by atoms with Gasteiger partial charge in [0.05, 0.1) is 0 Å². The van der Waals surface area contributed by atoms with E-state index >= 15 is 0 Å². The maximum absolute atomic E-state index is 13.1. The molecule has 2 aromatic carbocycles. The predicted octanol–water partition coefficient (Wildman–Crippen LogP) is 5.06. The van der Waals surface area contributed by atoms with Crippen LogP contribution in [0, 0.1) is 11.3 Å². The molecular formula is C26H31N3O. The Morgan fingerprint density at radius 3 is 2.47 bits per heavy atom. The van der Waals surface area contributed by atoms with E-state index in [0.29, 0.717) is 6.54 Å². The van der Waals surface area contributed by atoms with Crippen LogP contribution in [0.15, 0.2) is 60.3 Å². The van der Waals surface area contributed by atoms with Crippen LogP contribution < -0.4 is 5.32 Å². The second-order valence-electron chi connectivity index (χ2n) is 8.31. The summed E-state index contributed by atoms with van der Waals surface area (Å²) in [5.74, 6) is -0.249. The lowest BCUT2D eigenvalue weighted by molar-refractivity contribution is -0.129. The van der Waals surface area contributed by atoms with Crippen molar-refractivity contribution in [2.45, 2.75) is 65.1 Å². The van der Waals surface area contributed by atoms with Gasteiger partial charge >= 0.3 is 0 Å². The van der Waals surface area contributed by atoms with Crippen LogP contribution in [0.4, 0.5) is 0 Å². The fraction of sp³-hybridized carbons (Fsp3) is 0.385. The van der Waals surface area contributed by atoms with E-state index in [1.165, 1.54) is 29.5 Å². The Labute approximate surface area is 180 Å². The quantitative estimate of drug-likeness (QED) is 0.521. The first-order valence-corrected chi connectivity index (χ1v) is 10.8. The second kappa shape index (κ2) is 10.1. The molecule has 0 bridgehead atoms. The third-order valence-electron chi connectivity index (χ3n) is 5.78. The van der Waals surface area contributed by atoms with Gasteiger partial charge < -0.3 is 10.2 Å². The van der Waals surface area contributed by atoms with E-state index in [9.17, 15) is 10.1 Å². The minimum absolute atomic E-state index is 0.00692. The van der Waals surface area contributed by atoms with Gasteiger partial charge in [-0.25, -0.2) is 0 Å². The summed E-state index contributed by atoms with van der Waals surface area (Å²) < 4.78 is 0. The van der Waals surface area contributed by atoms with Gasteiger partial charge in [-0.15, -0.1) is 0 Å². The van der Waals surface area contributed by atoms with Crippen molar-refractivity contribution in [2.24, 2.45) is 0 Å². The normalized spacial score (nSPS) is 14.6. The molecule has 3 rings (SSSR count). The molecule has 0 spiro atoms. The third kappa shape index (κ3) is 5.30. The van der Waals surface area contributed by atoms with E-state index in [0.717, 1.165) is 18.4 Å². The number of hydrogen-bond donors (Lipinski definition) is 1. The number of nitriles is 1. The van der Waals surface area contributed by atoms with Crippen molar-refractivity contribution >= 4 is 5.91 Å². The Morgan fingerprint density at radius 1 is 1.10 bits per heavy atom. The molecule has 0 radical (unpaired) electrons. The Hall–Kier alpha value is -3.06. The smallest absolute Gasteiger partial charge is 0.266 e. The van der Waals surface area contributed by atoms with Crippen LogP contribution in [0.5, 0.6) is 0 Å². The summed E-state index contributed by atoms with van der Waals surface area (Å²) in [5.41, 5.74) is 5.24. The van der Waals surface area contributed by atoms with Crippen LogP contribution in [-0.4, -0.2) is 16.8 Å². The number of carbonyl (C=O) groups excluding carboxylic acids is 1. The topological polar surface area (TPSA) is 56.1 Å². The number of nitrogens with zero attached hydrogens (tertiary/aromatic N) is 2. The summed E-state index contributed by atoms with van der Waals surface area (Å²) in [5, 5.41) is 12.9. The first-order valence-electron chi connectivity index (χ1n) is 10.8. The number of fused-ring (bicyclic) bond motifs is 1. The Morgan fingerprint density at radius 2 is 1.80 bits per heavy atom. The fourth-order valence-corrected chi connectivity index (χ4v) is 3.89. The largest absolute Gasteiger partial charge is 0.383 e. The average molecular weight is 402 g/mol. The summed E-state index contributed by atoms with van der Waals surface area (Å²) in [7, 11) is 0. The monoisotopic (exact) mass is 401 g/mol. The highest BCUT2D eigenvalue weighted by molar-refractivity contribution is 5.97. The molecule has 0 aliphatic heterocycles. The standard InChI is InChI=1S/C26H31N3O/c1-19(2)29(18-21-9-5-4-6-10-21)26(30)25(16-27)17-28-20(3)23-14-13-22-11-7-8-12-24(22)15-23/h4-6,9-10,13-15,17,19-20,28H,7-8,11-12,18H2,1-3H3/b25-17-. The number of carbonyl (C=O) groups is 1. The molecule has 30 heavy (non-hydrogen) atoms. The highest BCUT2D eigenvalue weighted by Gasteiger charge is 2.21. The number of benzene rings is 2. The molecule has 0 fully saturated rings. The van der Waals surface area contributed by atoms with Gasteiger partial charge in [0.15, 0.2) is 0 Å². The first kappa shape index (κ1) is 21.6. The predicted molar refractivity (Wildman–Crippen MR) is 120 cm³/mol. The molecule has 0 heterocycles. The van der Waals surface area contributed by atoms with Crippen molar-refractivity contribution in [2.75, 3.05) is 0 Å². The molecule has 4 heteroatoms. The lowest BCUT2D eigenvalue weighted by Gasteiger charge is -2.27. The molecule has 2 aromatic rings. The third-order valence-corrected chi connectivity index (χ3v) is 5.78. The summed E-state index contributed by atoms with van der Waals surface area (Å²) in [6.07, 6.45) is 6.39. The molecule has 1 atom stereocenters. The van der Waals surface area contributed by atoms with Gasteiger partial charge in [0.1, 0.15) is 11.6 Å². The van der Waals surface area contributed by atoms with Gasteiger partial charge in [-0.05, 0) is 68.7 Å². The Balaban J connectivity index is 1.72. The number of aryl methyl sites for hydroxylation is 2. The number of amides is 1. The zero-order chi connectivity index (χ0) is 21.5. The number of nitrogens with one attached hydrogen (secondary N) is 1. The minimum atomic E-state index is -0.249. The molecule has 0 saturated heterocycles. The summed E-state index contributed by atoms with van der Waals surface area (Å²) >= 11 is 0. The van der Waals surface area contributed by atoms with E-state index in [4.69, 9.17) is 0 Å². The van der Waals surface area contributed by atoms with E-state index in [1.807, 2.05) is 44.2 Å². The van der Waals surface area contributed by atoms with Crippen molar-refractivity contribution in [3.8, 4) is 6.07 Å². The van der Waals surface area contributed by atoms with Crippen LogP contribution in [0.1, 0.15) is 61.9 Å². The maximum atomic E-state index is 13.1. The Bertz CT molecular complexity index is 940. The molecular weight excluding hydrogens is 370 g/mol. The van der Waals surface area contributed by atoms with Gasteiger partial charge in [-0.1, -0.05) is 48.5 Å². The van der Waals surface area contributed by atoms with Crippen molar-refractivity contribution in [3.63, 3.8) is 0 Å². The Kier molecular flexibility index (Phi) is 7.30. The maximum Gasteiger partial charge on any atom is 0.266 e. The zero-order valence-electron chi connectivity index (χ0n) is 18.2. The van der Waals surface area contributed by atoms with Gasteiger partial charge in [0.25, 0.3) is 5.91 Å². The van der Waals surface area contributed by atoms with E-state index in [1.54, 1.807) is 11.1 Å². The first-order chi connectivity index (χ1) is 14.5. The molecule has 1 N–H and O–H groups in total. The van der Waals surface area contributed by atoms with Crippen LogP contribution in [-0.2, 0) is 24.2 Å². The SMILES string of the molecule is CC(N/C=C(/C#N)C(=O)N(Cc1ccccc1)C(C)C)c1ccc2c(c1)CCCC2. The summed E-state index contributed by atoms with van der Waals surface area (Å²) in [6.45, 7) is 6.49. The molecule has 1 aliphatic carbocycles. The second-order valence-corrected chi connectivity index (χ2v) is 8.31. The average Bonchev–Trinajstić information content (AvgIpc) is 2.77. The molecule has 1 unspecified atom stereocenters. The lowest BCUT2D eigenvalue weighted by atomic mass is 9.89. The number of hydrogen-bond acceptors (Lipinski definition) is 3. The van der Waals surface area contributed by atoms with Gasteiger partial charge in [0, 0.05) is 24.8 Å². The lowest BCUT2D eigenvalue weighted by Crippen LogP contribution is -2.37. The van der Waals surface area contributed by atoms with Crippen LogP contribution >= 0.6 is 0 Å². The highest BCUT2D eigenvalue weighted by Crippen LogP contribution is 2.25. The van der Waals surface area contributed by atoms with E-state index < -0.39 is 0 Å². The van der Waals surface area contributed by atoms with Crippen LogP contribution in [0.2, 0.25) is 0 Å². The molecule has 1 amide bonds. The summed E-state index contributed by atoms with van der Waals surface area (Å²) in [6, 6.07) is 18.6. The number of rotatable bonds is 7. The molecule has 1 aliphatic rings. The van der Waals surface area contributed by atoms with Crippen molar-refractivity contribution in [3.05, 3.63) is 82.6 Å². The molecule has 4 nitrogen and oxygen atoms in total. The fourth-order valence-electron chi connectivity index (χ4n) is 3.89. The van der Waals surface area contributed by atoms with Crippen molar-refractivity contribution in [1.29, 1.82) is 5.26 Å². The molecule has 0 saturated carbocycles. The van der Waals surface area contributed by atoms with Gasteiger partial charge in [0.2, 0.25) is 0 Å². The highest BCUT2D eigenvalue weighted by atomic mass is 16.2. The van der Waals surface area contributed by atoms with Crippen molar-refractivity contribution < 1.29 is 4.79 Å². The van der Waals surface area contributed by atoms with Gasteiger partial charge in [-0.2, -0.15) is 5.26 Å². The van der Waals surface area contributed by atoms with E-state index in [-0.39, 0.29) is 23.6 Å². The molecule has 156 valence electrons. The van der Waals surface area contributed by atoms with Crippen LogP contribution in [0.25, 0.3) is 0 Å². The minimum Gasteiger partial charge on any atom is -0.383 e. The van der Waals surface area contributed by atoms with Gasteiger partial charge in [-0.3, -0.25) is 4.79 Å². The van der Waals surface area contributed by atoms with Crippen molar-refractivity contribution in [1.82, 2.24) is 10.2 Å².